The van der Waals surface area contributed by atoms with Crippen molar-refractivity contribution in [3.05, 3.63) is 33.8 Å². The summed E-state index contributed by atoms with van der Waals surface area (Å²) in [4.78, 5) is 2.02. The minimum absolute atomic E-state index is 0.177. The summed E-state index contributed by atoms with van der Waals surface area (Å²) in [5.41, 5.74) is 0.442. The molecule has 0 heterocycles. The molecule has 0 amide bonds. The predicted molar refractivity (Wildman–Crippen MR) is 60.9 cm³/mol. The maximum atomic E-state index is 13.4. The average Bonchev–Trinajstić information content (AvgIpc) is 2.18. The van der Waals surface area contributed by atoms with Crippen LogP contribution in [0.15, 0.2) is 16.6 Å². The molecule has 1 aromatic carbocycles. The Morgan fingerprint density at radius 1 is 1.20 bits per heavy atom. The normalized spacial score (nSPS) is 11.1. The summed E-state index contributed by atoms with van der Waals surface area (Å²) in [5, 5.41) is 0. The first kappa shape index (κ1) is 12.6. The highest BCUT2D eigenvalue weighted by atomic mass is 79.9. The van der Waals surface area contributed by atoms with E-state index in [0.29, 0.717) is 12.0 Å². The Labute approximate surface area is 97.2 Å². The van der Waals surface area contributed by atoms with E-state index in [0.717, 1.165) is 13.0 Å². The first-order valence-electron chi connectivity index (χ1n) is 4.79. The van der Waals surface area contributed by atoms with E-state index in [1.54, 1.807) is 12.1 Å². The zero-order valence-electron chi connectivity index (χ0n) is 8.86. The topological polar surface area (TPSA) is 3.24 Å². The minimum Gasteiger partial charge on any atom is -0.309 e. The number of nitrogens with zero attached hydrogens (tertiary/aromatic N) is 1. The molecule has 4 heteroatoms. The van der Waals surface area contributed by atoms with E-state index in [2.05, 4.69) is 15.9 Å². The minimum atomic E-state index is -0.794. The van der Waals surface area contributed by atoms with E-state index in [1.807, 2.05) is 19.0 Å². The number of hydrogen-bond donors (Lipinski definition) is 0. The fourth-order valence-electron chi connectivity index (χ4n) is 1.34. The van der Waals surface area contributed by atoms with Crippen molar-refractivity contribution in [2.24, 2.45) is 0 Å². The maximum Gasteiger partial charge on any atom is 0.173 e. The SMILES string of the molecule is CN(C)CCCc1ccc(Br)c(F)c1F. The van der Waals surface area contributed by atoms with Gasteiger partial charge in [-0.15, -0.1) is 0 Å². The third kappa shape index (κ3) is 3.54. The number of hydrogen-bond acceptors (Lipinski definition) is 1. The molecule has 0 fully saturated rings. The van der Waals surface area contributed by atoms with Gasteiger partial charge in [0.25, 0.3) is 0 Å². The van der Waals surface area contributed by atoms with Gasteiger partial charge in [-0.1, -0.05) is 6.07 Å². The van der Waals surface area contributed by atoms with Crippen LogP contribution in [0.2, 0.25) is 0 Å². The molecule has 1 nitrogen and oxygen atoms in total. The van der Waals surface area contributed by atoms with E-state index in [-0.39, 0.29) is 4.47 Å². The van der Waals surface area contributed by atoms with Gasteiger partial charge in [0.1, 0.15) is 0 Å². The molecule has 0 unspecified atom stereocenters. The van der Waals surface area contributed by atoms with Gasteiger partial charge in [-0.25, -0.2) is 8.78 Å². The van der Waals surface area contributed by atoms with Gasteiger partial charge in [-0.3, -0.25) is 0 Å². The quantitative estimate of drug-likeness (QED) is 0.764. The molecule has 15 heavy (non-hydrogen) atoms. The smallest absolute Gasteiger partial charge is 0.173 e. The van der Waals surface area contributed by atoms with Crippen LogP contribution in [0.3, 0.4) is 0 Å². The molecule has 0 aliphatic rings. The van der Waals surface area contributed by atoms with Crippen LogP contribution >= 0.6 is 15.9 Å². The lowest BCUT2D eigenvalue weighted by Crippen LogP contribution is -2.13. The highest BCUT2D eigenvalue weighted by molar-refractivity contribution is 9.10. The first-order valence-corrected chi connectivity index (χ1v) is 5.58. The monoisotopic (exact) mass is 277 g/mol. The van der Waals surface area contributed by atoms with Crippen LogP contribution in [0, 0.1) is 11.6 Å². The lowest BCUT2D eigenvalue weighted by Gasteiger charge is -2.09. The zero-order valence-corrected chi connectivity index (χ0v) is 10.4. The van der Waals surface area contributed by atoms with E-state index in [4.69, 9.17) is 0 Å². The summed E-state index contributed by atoms with van der Waals surface area (Å²) in [7, 11) is 3.91. The van der Waals surface area contributed by atoms with Crippen LogP contribution in [0.5, 0.6) is 0 Å². The molecular weight excluding hydrogens is 264 g/mol. The molecular formula is C11H14BrF2N. The third-order valence-electron chi connectivity index (χ3n) is 2.17. The third-order valence-corrected chi connectivity index (χ3v) is 2.78. The molecule has 0 radical (unpaired) electrons. The molecule has 0 aromatic heterocycles. The van der Waals surface area contributed by atoms with Crippen molar-refractivity contribution in [1.82, 2.24) is 4.90 Å². The summed E-state index contributed by atoms with van der Waals surface area (Å²) in [6.07, 6.45) is 1.39. The van der Waals surface area contributed by atoms with Gasteiger partial charge in [0.05, 0.1) is 4.47 Å². The highest BCUT2D eigenvalue weighted by Crippen LogP contribution is 2.21. The Hall–Kier alpha value is -0.480. The van der Waals surface area contributed by atoms with Gasteiger partial charge in [-0.2, -0.15) is 0 Å². The number of rotatable bonds is 4. The van der Waals surface area contributed by atoms with Gasteiger partial charge in [0, 0.05) is 0 Å². The number of benzene rings is 1. The number of halogens is 3. The molecule has 0 saturated carbocycles. The van der Waals surface area contributed by atoms with Crippen molar-refractivity contribution in [2.75, 3.05) is 20.6 Å². The van der Waals surface area contributed by atoms with Gasteiger partial charge < -0.3 is 4.90 Å². The average molecular weight is 278 g/mol. The van der Waals surface area contributed by atoms with Crippen LogP contribution in [0.25, 0.3) is 0 Å². The van der Waals surface area contributed by atoms with Crippen LogP contribution in [0.4, 0.5) is 8.78 Å². The summed E-state index contributed by atoms with van der Waals surface area (Å²) in [5.74, 6) is -1.53. The summed E-state index contributed by atoms with van der Waals surface area (Å²) in [6.45, 7) is 0.872. The molecule has 1 aromatic rings. The molecule has 0 N–H and O–H groups in total. The predicted octanol–water partition coefficient (Wildman–Crippen LogP) is 3.22. The van der Waals surface area contributed by atoms with Crippen LogP contribution < -0.4 is 0 Å². The second kappa shape index (κ2) is 5.56. The second-order valence-corrected chi connectivity index (χ2v) is 4.60. The van der Waals surface area contributed by atoms with Crippen molar-refractivity contribution in [3.63, 3.8) is 0 Å². The summed E-state index contributed by atoms with van der Waals surface area (Å²) < 4.78 is 26.7. The standard InChI is InChI=1S/C11H14BrF2N/c1-15(2)7-3-4-8-5-6-9(12)11(14)10(8)13/h5-6H,3-4,7H2,1-2H3. The molecule has 0 aliphatic carbocycles. The second-order valence-electron chi connectivity index (χ2n) is 3.74. The molecule has 1 rings (SSSR count). The van der Waals surface area contributed by atoms with E-state index in [1.165, 1.54) is 0 Å². The Morgan fingerprint density at radius 2 is 1.87 bits per heavy atom. The van der Waals surface area contributed by atoms with E-state index >= 15 is 0 Å². The number of aryl methyl sites for hydroxylation is 1. The summed E-state index contributed by atoms with van der Waals surface area (Å²) in [6, 6.07) is 3.17. The van der Waals surface area contributed by atoms with Crippen LogP contribution in [-0.2, 0) is 6.42 Å². The zero-order chi connectivity index (χ0) is 11.4. The van der Waals surface area contributed by atoms with Gasteiger partial charge in [0.15, 0.2) is 11.6 Å². The Bertz CT molecular complexity index is 340. The van der Waals surface area contributed by atoms with Gasteiger partial charge in [-0.05, 0) is 61.0 Å². The highest BCUT2D eigenvalue weighted by Gasteiger charge is 2.11. The Kier molecular flexibility index (Phi) is 4.67. The summed E-state index contributed by atoms with van der Waals surface area (Å²) >= 11 is 2.95. The van der Waals surface area contributed by atoms with Crippen molar-refractivity contribution in [1.29, 1.82) is 0 Å². The lowest BCUT2D eigenvalue weighted by molar-refractivity contribution is 0.397. The molecule has 0 atom stereocenters. The Balaban J connectivity index is 2.66. The van der Waals surface area contributed by atoms with Gasteiger partial charge >= 0.3 is 0 Å². The van der Waals surface area contributed by atoms with Crippen LogP contribution in [0.1, 0.15) is 12.0 Å². The largest absolute Gasteiger partial charge is 0.309 e. The Morgan fingerprint density at radius 3 is 2.47 bits per heavy atom. The van der Waals surface area contributed by atoms with E-state index < -0.39 is 11.6 Å². The van der Waals surface area contributed by atoms with Crippen molar-refractivity contribution in [3.8, 4) is 0 Å². The van der Waals surface area contributed by atoms with Crippen LogP contribution in [-0.4, -0.2) is 25.5 Å². The van der Waals surface area contributed by atoms with Crippen molar-refractivity contribution < 1.29 is 8.78 Å². The molecule has 0 bridgehead atoms. The van der Waals surface area contributed by atoms with E-state index in [9.17, 15) is 8.78 Å². The molecule has 0 aliphatic heterocycles. The molecule has 0 saturated heterocycles. The maximum absolute atomic E-state index is 13.4. The van der Waals surface area contributed by atoms with Gasteiger partial charge in [0.2, 0.25) is 0 Å². The first-order chi connectivity index (χ1) is 7.02. The molecule has 84 valence electrons. The fourth-order valence-corrected chi connectivity index (χ4v) is 1.65. The van der Waals surface area contributed by atoms with Crippen molar-refractivity contribution in [2.45, 2.75) is 12.8 Å². The lowest BCUT2D eigenvalue weighted by atomic mass is 10.1. The van der Waals surface area contributed by atoms with Crippen molar-refractivity contribution >= 4 is 15.9 Å². The fraction of sp³-hybridized carbons (Fsp3) is 0.455. The molecule has 0 spiro atoms.